The molecule has 0 spiro atoms. The van der Waals surface area contributed by atoms with Crippen LogP contribution in [0.3, 0.4) is 0 Å². The molecule has 1 aliphatic rings. The second kappa shape index (κ2) is 5.99. The predicted octanol–water partition coefficient (Wildman–Crippen LogP) is 1.73. The minimum absolute atomic E-state index is 0.00964. The smallest absolute Gasteiger partial charge is 0.0757 e. The van der Waals surface area contributed by atoms with Crippen molar-refractivity contribution < 1.29 is 4.74 Å². The van der Waals surface area contributed by atoms with Crippen molar-refractivity contribution >= 4 is 0 Å². The third kappa shape index (κ3) is 5.28. The molecule has 96 valence electrons. The molecule has 0 radical (unpaired) electrons. The van der Waals surface area contributed by atoms with E-state index in [0.29, 0.717) is 6.10 Å². The lowest BCUT2D eigenvalue weighted by atomic mass is 10.1. The van der Waals surface area contributed by atoms with Crippen molar-refractivity contribution in [2.75, 3.05) is 32.7 Å². The molecule has 0 saturated carbocycles. The Morgan fingerprint density at radius 3 is 2.69 bits per heavy atom. The van der Waals surface area contributed by atoms with Gasteiger partial charge in [-0.1, -0.05) is 13.8 Å². The molecule has 1 aliphatic heterocycles. The largest absolute Gasteiger partial charge is 0.370 e. The van der Waals surface area contributed by atoms with Crippen LogP contribution >= 0.6 is 0 Å². The molecule has 3 nitrogen and oxygen atoms in total. The standard InChI is InChI=1S/C13H28N2O/c1-11(2)8-14-6-7-15-9-12(3)16-13(4,5)10-15/h11-12,14H,6-10H2,1-5H3. The van der Waals surface area contributed by atoms with Gasteiger partial charge in [-0.05, 0) is 33.2 Å². The number of nitrogens with zero attached hydrogens (tertiary/aromatic N) is 1. The van der Waals surface area contributed by atoms with Gasteiger partial charge in [0, 0.05) is 26.2 Å². The first-order chi connectivity index (χ1) is 7.39. The summed E-state index contributed by atoms with van der Waals surface area (Å²) in [6.07, 6.45) is 0.355. The van der Waals surface area contributed by atoms with Crippen LogP contribution in [0.4, 0.5) is 0 Å². The van der Waals surface area contributed by atoms with E-state index in [4.69, 9.17) is 4.74 Å². The Bertz CT molecular complexity index is 204. The zero-order valence-electron chi connectivity index (χ0n) is 11.5. The predicted molar refractivity (Wildman–Crippen MR) is 68.8 cm³/mol. The molecule has 1 N–H and O–H groups in total. The number of hydrogen-bond donors (Lipinski definition) is 1. The molecular weight excluding hydrogens is 200 g/mol. The van der Waals surface area contributed by atoms with E-state index in [0.717, 1.165) is 38.6 Å². The summed E-state index contributed by atoms with van der Waals surface area (Å²) in [5.74, 6) is 0.736. The van der Waals surface area contributed by atoms with Crippen LogP contribution in [0, 0.1) is 5.92 Å². The van der Waals surface area contributed by atoms with E-state index >= 15 is 0 Å². The molecule has 0 bridgehead atoms. The van der Waals surface area contributed by atoms with E-state index in [2.05, 4.69) is 44.8 Å². The third-order valence-corrected chi connectivity index (χ3v) is 2.80. The Hall–Kier alpha value is -0.120. The summed E-state index contributed by atoms with van der Waals surface area (Å²) in [4.78, 5) is 2.50. The molecular formula is C13H28N2O. The number of nitrogens with one attached hydrogen (secondary N) is 1. The molecule has 0 aromatic rings. The normalized spacial score (nSPS) is 26.2. The second-order valence-corrected chi connectivity index (χ2v) is 6.02. The van der Waals surface area contributed by atoms with Crippen LogP contribution in [0.25, 0.3) is 0 Å². The lowest BCUT2D eigenvalue weighted by molar-refractivity contribution is -0.128. The Morgan fingerprint density at radius 2 is 2.12 bits per heavy atom. The molecule has 0 aliphatic carbocycles. The van der Waals surface area contributed by atoms with Crippen LogP contribution in [-0.2, 0) is 4.74 Å². The van der Waals surface area contributed by atoms with Gasteiger partial charge in [-0.25, -0.2) is 0 Å². The maximum atomic E-state index is 5.89. The fourth-order valence-electron chi connectivity index (χ4n) is 2.38. The van der Waals surface area contributed by atoms with E-state index in [1.165, 1.54) is 0 Å². The first-order valence-corrected chi connectivity index (χ1v) is 6.50. The van der Waals surface area contributed by atoms with Crippen molar-refractivity contribution in [3.8, 4) is 0 Å². The summed E-state index contributed by atoms with van der Waals surface area (Å²) < 4.78 is 5.89. The van der Waals surface area contributed by atoms with E-state index in [9.17, 15) is 0 Å². The molecule has 0 aromatic carbocycles. The highest BCUT2D eigenvalue weighted by Gasteiger charge is 2.30. The fourth-order valence-corrected chi connectivity index (χ4v) is 2.38. The van der Waals surface area contributed by atoms with Crippen molar-refractivity contribution in [3.05, 3.63) is 0 Å². The van der Waals surface area contributed by atoms with Gasteiger partial charge in [-0.2, -0.15) is 0 Å². The summed E-state index contributed by atoms with van der Waals surface area (Å²) >= 11 is 0. The lowest BCUT2D eigenvalue weighted by Gasteiger charge is -2.41. The highest BCUT2D eigenvalue weighted by Crippen LogP contribution is 2.20. The van der Waals surface area contributed by atoms with Crippen LogP contribution < -0.4 is 5.32 Å². The Balaban J connectivity index is 2.21. The highest BCUT2D eigenvalue weighted by atomic mass is 16.5. The van der Waals surface area contributed by atoms with E-state index in [1.54, 1.807) is 0 Å². The summed E-state index contributed by atoms with van der Waals surface area (Å²) in [5, 5.41) is 3.49. The Labute approximate surface area is 101 Å². The minimum Gasteiger partial charge on any atom is -0.370 e. The number of rotatable bonds is 5. The van der Waals surface area contributed by atoms with E-state index in [-0.39, 0.29) is 5.60 Å². The van der Waals surface area contributed by atoms with Crippen molar-refractivity contribution in [2.24, 2.45) is 5.92 Å². The van der Waals surface area contributed by atoms with Crippen LogP contribution in [0.15, 0.2) is 0 Å². The van der Waals surface area contributed by atoms with Crippen molar-refractivity contribution in [1.82, 2.24) is 10.2 Å². The zero-order chi connectivity index (χ0) is 12.2. The average Bonchev–Trinajstić information content (AvgIpc) is 2.08. The second-order valence-electron chi connectivity index (χ2n) is 6.02. The summed E-state index contributed by atoms with van der Waals surface area (Å²) in [6, 6.07) is 0. The number of ether oxygens (including phenoxy) is 1. The monoisotopic (exact) mass is 228 g/mol. The van der Waals surface area contributed by atoms with E-state index in [1.807, 2.05) is 0 Å². The molecule has 3 heteroatoms. The van der Waals surface area contributed by atoms with Gasteiger partial charge >= 0.3 is 0 Å². The van der Waals surface area contributed by atoms with Crippen LogP contribution in [0.2, 0.25) is 0 Å². The maximum absolute atomic E-state index is 5.89. The van der Waals surface area contributed by atoms with Gasteiger partial charge in [-0.15, -0.1) is 0 Å². The molecule has 0 amide bonds. The molecule has 0 aromatic heterocycles. The number of morpholine rings is 1. The first kappa shape index (κ1) is 13.9. The summed E-state index contributed by atoms with van der Waals surface area (Å²) in [7, 11) is 0. The van der Waals surface area contributed by atoms with Crippen molar-refractivity contribution in [2.45, 2.75) is 46.3 Å². The Kier molecular flexibility index (Phi) is 5.22. The molecule has 1 fully saturated rings. The summed E-state index contributed by atoms with van der Waals surface area (Å²) in [5.41, 5.74) is 0.00964. The first-order valence-electron chi connectivity index (χ1n) is 6.50. The maximum Gasteiger partial charge on any atom is 0.0757 e. The molecule has 1 saturated heterocycles. The lowest BCUT2D eigenvalue weighted by Crippen LogP contribution is -2.53. The molecule has 1 rings (SSSR count). The molecule has 16 heavy (non-hydrogen) atoms. The van der Waals surface area contributed by atoms with Gasteiger partial charge in [0.05, 0.1) is 11.7 Å². The van der Waals surface area contributed by atoms with Gasteiger partial charge in [0.25, 0.3) is 0 Å². The fraction of sp³-hybridized carbons (Fsp3) is 1.00. The molecule has 1 heterocycles. The minimum atomic E-state index is 0.00964. The topological polar surface area (TPSA) is 24.5 Å². The number of hydrogen-bond acceptors (Lipinski definition) is 3. The quantitative estimate of drug-likeness (QED) is 0.725. The summed E-state index contributed by atoms with van der Waals surface area (Å²) in [6.45, 7) is 16.4. The Morgan fingerprint density at radius 1 is 1.44 bits per heavy atom. The SMILES string of the molecule is CC(C)CNCCN1CC(C)OC(C)(C)C1. The van der Waals surface area contributed by atoms with Gasteiger partial charge in [-0.3, -0.25) is 4.90 Å². The molecule has 1 atom stereocenters. The van der Waals surface area contributed by atoms with E-state index < -0.39 is 0 Å². The van der Waals surface area contributed by atoms with Crippen LogP contribution in [0.5, 0.6) is 0 Å². The van der Waals surface area contributed by atoms with Gasteiger partial charge in [0.15, 0.2) is 0 Å². The zero-order valence-corrected chi connectivity index (χ0v) is 11.5. The average molecular weight is 228 g/mol. The highest BCUT2D eigenvalue weighted by molar-refractivity contribution is 4.82. The van der Waals surface area contributed by atoms with Gasteiger partial charge in [0.1, 0.15) is 0 Å². The van der Waals surface area contributed by atoms with Gasteiger partial charge < -0.3 is 10.1 Å². The van der Waals surface area contributed by atoms with Crippen LogP contribution in [-0.4, -0.2) is 49.3 Å². The van der Waals surface area contributed by atoms with Crippen LogP contribution in [0.1, 0.15) is 34.6 Å². The third-order valence-electron chi connectivity index (χ3n) is 2.80. The van der Waals surface area contributed by atoms with Gasteiger partial charge in [0.2, 0.25) is 0 Å². The molecule has 1 unspecified atom stereocenters. The van der Waals surface area contributed by atoms with Crippen molar-refractivity contribution in [3.63, 3.8) is 0 Å². The van der Waals surface area contributed by atoms with Crippen molar-refractivity contribution in [1.29, 1.82) is 0 Å².